The Balaban J connectivity index is 1.61. The van der Waals surface area contributed by atoms with Crippen molar-refractivity contribution in [2.24, 2.45) is 0 Å². The quantitative estimate of drug-likeness (QED) is 0.212. The minimum Gasteiger partial charge on any atom is -0.489 e. The Morgan fingerprint density at radius 2 is 1.16 bits per heavy atom. The van der Waals surface area contributed by atoms with Crippen LogP contribution < -0.4 is 4.74 Å². The van der Waals surface area contributed by atoms with E-state index in [-0.39, 0.29) is 0 Å². The van der Waals surface area contributed by atoms with Gasteiger partial charge < -0.3 is 4.74 Å². The Kier molecular flexibility index (Phi) is 14.4. The predicted octanol–water partition coefficient (Wildman–Crippen LogP) is 9.93. The van der Waals surface area contributed by atoms with E-state index in [1.165, 1.54) is 107 Å². The summed E-state index contributed by atoms with van der Waals surface area (Å²) in [5.74, 6) is 0.939. The van der Waals surface area contributed by atoms with Crippen LogP contribution in [-0.4, -0.2) is 0 Å². The zero-order chi connectivity index (χ0) is 22.7. The predicted molar refractivity (Wildman–Crippen MR) is 141 cm³/mol. The second-order valence-corrected chi connectivity index (χ2v) is 9.15. The monoisotopic (exact) mass is 434 g/mol. The second-order valence-electron chi connectivity index (χ2n) is 9.15. The average molecular weight is 435 g/mol. The van der Waals surface area contributed by atoms with Crippen molar-refractivity contribution in [3.63, 3.8) is 0 Å². The van der Waals surface area contributed by atoms with Gasteiger partial charge in [0.15, 0.2) is 0 Å². The molecule has 0 saturated heterocycles. The molecule has 176 valence electrons. The fourth-order valence-corrected chi connectivity index (χ4v) is 4.02. The SMILES string of the molecule is CCCCCCCC=Cc1ccc(OCc2ccc(CCCCCCCCC)cc2)cc1. The first-order valence-corrected chi connectivity index (χ1v) is 13.3. The minimum absolute atomic E-state index is 0.630. The van der Waals surface area contributed by atoms with Gasteiger partial charge in [0.05, 0.1) is 0 Å². The Labute approximate surface area is 198 Å². The molecule has 0 heterocycles. The molecule has 32 heavy (non-hydrogen) atoms. The van der Waals surface area contributed by atoms with Crippen molar-refractivity contribution in [1.29, 1.82) is 0 Å². The van der Waals surface area contributed by atoms with Crippen LogP contribution in [-0.2, 0) is 13.0 Å². The molecule has 0 aliphatic heterocycles. The Morgan fingerprint density at radius 1 is 0.594 bits per heavy atom. The number of unbranched alkanes of at least 4 members (excludes halogenated alkanes) is 11. The number of aryl methyl sites for hydroxylation is 1. The van der Waals surface area contributed by atoms with Crippen molar-refractivity contribution in [2.75, 3.05) is 0 Å². The van der Waals surface area contributed by atoms with E-state index in [0.29, 0.717) is 6.61 Å². The third-order valence-electron chi connectivity index (χ3n) is 6.16. The first kappa shape index (κ1) is 26.2. The van der Waals surface area contributed by atoms with Crippen LogP contribution in [0.15, 0.2) is 54.6 Å². The molecule has 1 nitrogen and oxygen atoms in total. The number of rotatable bonds is 18. The van der Waals surface area contributed by atoms with Crippen LogP contribution in [0.4, 0.5) is 0 Å². The van der Waals surface area contributed by atoms with E-state index in [1.54, 1.807) is 0 Å². The maximum absolute atomic E-state index is 5.99. The molecule has 0 aliphatic rings. The molecule has 0 atom stereocenters. The van der Waals surface area contributed by atoms with E-state index in [2.05, 4.69) is 74.5 Å². The van der Waals surface area contributed by atoms with Gasteiger partial charge in [-0.15, -0.1) is 0 Å². The van der Waals surface area contributed by atoms with Gasteiger partial charge in [0.1, 0.15) is 12.4 Å². The van der Waals surface area contributed by atoms with Crippen LogP contribution in [0.1, 0.15) is 114 Å². The summed E-state index contributed by atoms with van der Waals surface area (Å²) in [5.41, 5.74) is 3.93. The maximum atomic E-state index is 5.99. The molecule has 0 aromatic heterocycles. The first-order chi connectivity index (χ1) is 15.8. The van der Waals surface area contributed by atoms with Crippen LogP contribution in [0.5, 0.6) is 5.75 Å². The molecule has 0 N–H and O–H groups in total. The zero-order valence-electron chi connectivity index (χ0n) is 20.8. The smallest absolute Gasteiger partial charge is 0.119 e. The molecule has 0 amide bonds. The number of benzene rings is 2. The largest absolute Gasteiger partial charge is 0.489 e. The fraction of sp³-hybridized carbons (Fsp3) is 0.548. The van der Waals surface area contributed by atoms with E-state index >= 15 is 0 Å². The minimum atomic E-state index is 0.630. The van der Waals surface area contributed by atoms with Crippen LogP contribution in [0.3, 0.4) is 0 Å². The molecular formula is C31H46O. The summed E-state index contributed by atoms with van der Waals surface area (Å²) in [6.07, 6.45) is 23.2. The summed E-state index contributed by atoms with van der Waals surface area (Å²) in [7, 11) is 0. The highest BCUT2D eigenvalue weighted by Crippen LogP contribution is 2.17. The van der Waals surface area contributed by atoms with Crippen LogP contribution in [0.25, 0.3) is 6.08 Å². The van der Waals surface area contributed by atoms with Gasteiger partial charge in [0.25, 0.3) is 0 Å². The van der Waals surface area contributed by atoms with Gasteiger partial charge >= 0.3 is 0 Å². The van der Waals surface area contributed by atoms with Crippen LogP contribution in [0, 0.1) is 0 Å². The van der Waals surface area contributed by atoms with Gasteiger partial charge in [-0.2, -0.15) is 0 Å². The molecular weight excluding hydrogens is 388 g/mol. The number of ether oxygens (including phenoxy) is 1. The van der Waals surface area contributed by atoms with E-state index in [4.69, 9.17) is 4.74 Å². The molecule has 2 aromatic rings. The van der Waals surface area contributed by atoms with Crippen LogP contribution in [0.2, 0.25) is 0 Å². The summed E-state index contributed by atoms with van der Waals surface area (Å²) in [6.45, 7) is 5.17. The van der Waals surface area contributed by atoms with Crippen molar-refractivity contribution >= 4 is 6.08 Å². The summed E-state index contributed by atoms with van der Waals surface area (Å²) >= 11 is 0. The lowest BCUT2D eigenvalue weighted by Crippen LogP contribution is -1.96. The Morgan fingerprint density at radius 3 is 1.81 bits per heavy atom. The Hall–Kier alpha value is -2.02. The number of hydrogen-bond donors (Lipinski definition) is 0. The van der Waals surface area contributed by atoms with Crippen molar-refractivity contribution in [1.82, 2.24) is 0 Å². The van der Waals surface area contributed by atoms with Crippen molar-refractivity contribution in [2.45, 2.75) is 110 Å². The van der Waals surface area contributed by atoms with Gasteiger partial charge in [-0.3, -0.25) is 0 Å². The van der Waals surface area contributed by atoms with Gasteiger partial charge in [0, 0.05) is 0 Å². The van der Waals surface area contributed by atoms with Gasteiger partial charge in [0.2, 0.25) is 0 Å². The van der Waals surface area contributed by atoms with Gasteiger partial charge in [-0.1, -0.05) is 127 Å². The molecule has 0 unspecified atom stereocenters. The van der Waals surface area contributed by atoms with E-state index in [1.807, 2.05) is 0 Å². The highest BCUT2D eigenvalue weighted by molar-refractivity contribution is 5.50. The third kappa shape index (κ3) is 12.1. The van der Waals surface area contributed by atoms with E-state index in [9.17, 15) is 0 Å². The molecule has 0 radical (unpaired) electrons. The van der Waals surface area contributed by atoms with Gasteiger partial charge in [-0.05, 0) is 54.5 Å². The molecule has 2 rings (SSSR count). The lowest BCUT2D eigenvalue weighted by molar-refractivity contribution is 0.306. The van der Waals surface area contributed by atoms with Gasteiger partial charge in [-0.25, -0.2) is 0 Å². The summed E-state index contributed by atoms with van der Waals surface area (Å²) < 4.78 is 5.99. The summed E-state index contributed by atoms with van der Waals surface area (Å²) in [5, 5.41) is 0. The van der Waals surface area contributed by atoms with Crippen molar-refractivity contribution in [3.05, 3.63) is 71.3 Å². The topological polar surface area (TPSA) is 9.23 Å². The average Bonchev–Trinajstić information content (AvgIpc) is 2.83. The lowest BCUT2D eigenvalue weighted by atomic mass is 10.0. The molecule has 0 spiro atoms. The number of hydrogen-bond acceptors (Lipinski definition) is 1. The Bertz CT molecular complexity index is 711. The standard InChI is InChI=1S/C31H46O/c1-3-5-7-9-11-13-15-17-28-19-21-30(22-20-28)27-32-31-25-23-29(24-26-31)18-16-14-12-10-8-6-4-2/h16,18-26H,3-15,17,27H2,1-2H3. The fourth-order valence-electron chi connectivity index (χ4n) is 4.02. The summed E-state index contributed by atoms with van der Waals surface area (Å²) in [6, 6.07) is 17.4. The van der Waals surface area contributed by atoms with Crippen molar-refractivity contribution in [3.8, 4) is 5.75 Å². The molecule has 0 bridgehead atoms. The molecule has 0 aliphatic carbocycles. The number of allylic oxidation sites excluding steroid dienone is 1. The van der Waals surface area contributed by atoms with E-state index in [0.717, 1.165) is 5.75 Å². The highest BCUT2D eigenvalue weighted by atomic mass is 16.5. The van der Waals surface area contributed by atoms with Crippen molar-refractivity contribution < 1.29 is 4.74 Å². The highest BCUT2D eigenvalue weighted by Gasteiger charge is 1.99. The first-order valence-electron chi connectivity index (χ1n) is 13.3. The maximum Gasteiger partial charge on any atom is 0.119 e. The molecule has 1 heteroatoms. The third-order valence-corrected chi connectivity index (χ3v) is 6.16. The second kappa shape index (κ2) is 17.5. The van der Waals surface area contributed by atoms with Crippen LogP contribution >= 0.6 is 0 Å². The normalized spacial score (nSPS) is 11.3. The zero-order valence-corrected chi connectivity index (χ0v) is 20.8. The molecule has 2 aromatic carbocycles. The summed E-state index contributed by atoms with van der Waals surface area (Å²) in [4.78, 5) is 0. The molecule has 0 saturated carbocycles. The lowest BCUT2D eigenvalue weighted by Gasteiger charge is -2.08. The van der Waals surface area contributed by atoms with E-state index < -0.39 is 0 Å². The molecule has 0 fully saturated rings.